The lowest BCUT2D eigenvalue weighted by molar-refractivity contribution is -0.493. The molecule has 2 spiro atoms. The largest absolute Gasteiger partial charge is 0.390 e. The van der Waals surface area contributed by atoms with Crippen LogP contribution in [0.2, 0.25) is 0 Å². The van der Waals surface area contributed by atoms with E-state index >= 15 is 0 Å². The summed E-state index contributed by atoms with van der Waals surface area (Å²) in [5.41, 5.74) is -0.118. The zero-order valence-electron chi connectivity index (χ0n) is 19.2. The van der Waals surface area contributed by atoms with Gasteiger partial charge in [-0.2, -0.15) is 0 Å². The van der Waals surface area contributed by atoms with Crippen LogP contribution in [-0.4, -0.2) is 33.6 Å². The van der Waals surface area contributed by atoms with Crippen LogP contribution >= 0.6 is 0 Å². The van der Waals surface area contributed by atoms with Crippen molar-refractivity contribution in [3.63, 3.8) is 0 Å². The molecule has 0 aromatic rings. The molecule has 168 valence electrons. The number of aliphatic hydroxyl groups excluding tert-OH is 2. The Morgan fingerprint density at radius 3 is 2.33 bits per heavy atom. The van der Waals surface area contributed by atoms with Gasteiger partial charge in [-0.3, -0.25) is 0 Å². The van der Waals surface area contributed by atoms with Crippen molar-refractivity contribution in [2.75, 3.05) is 0 Å². The van der Waals surface area contributed by atoms with Gasteiger partial charge in [0.05, 0.1) is 12.2 Å². The van der Waals surface area contributed by atoms with E-state index in [0.717, 1.165) is 25.7 Å². The van der Waals surface area contributed by atoms with E-state index in [4.69, 9.17) is 9.78 Å². The second-order valence-corrected chi connectivity index (χ2v) is 13.2. The van der Waals surface area contributed by atoms with Crippen molar-refractivity contribution < 1.29 is 20.0 Å². The molecule has 4 heteroatoms. The Balaban J connectivity index is 1.42. The summed E-state index contributed by atoms with van der Waals surface area (Å²) in [5, 5.41) is 21.0. The highest BCUT2D eigenvalue weighted by Gasteiger charge is 2.73. The minimum Gasteiger partial charge on any atom is -0.390 e. The van der Waals surface area contributed by atoms with Gasteiger partial charge in [0.25, 0.3) is 0 Å². The molecule has 0 radical (unpaired) electrons. The predicted molar refractivity (Wildman–Crippen MR) is 114 cm³/mol. The zero-order chi connectivity index (χ0) is 21.2. The number of hydrogen-bond donors (Lipinski definition) is 2. The second kappa shape index (κ2) is 5.92. The van der Waals surface area contributed by atoms with E-state index in [0.29, 0.717) is 35.5 Å². The maximum Gasteiger partial charge on any atom is 0.130 e. The molecule has 30 heavy (non-hydrogen) atoms. The fourth-order valence-corrected chi connectivity index (χ4v) is 9.64. The van der Waals surface area contributed by atoms with Gasteiger partial charge in [0.2, 0.25) is 0 Å². The van der Waals surface area contributed by atoms with Gasteiger partial charge in [-0.15, -0.1) is 0 Å². The van der Waals surface area contributed by atoms with Gasteiger partial charge in [-0.05, 0) is 86.5 Å². The molecule has 0 aromatic carbocycles. The first-order valence-electron chi connectivity index (χ1n) is 12.5. The highest BCUT2D eigenvalue weighted by molar-refractivity contribution is 5.32. The monoisotopic (exact) mass is 416 g/mol. The molecular weight excluding hydrogens is 376 g/mol. The maximum atomic E-state index is 10.6. The smallest absolute Gasteiger partial charge is 0.130 e. The average molecular weight is 417 g/mol. The highest BCUT2D eigenvalue weighted by atomic mass is 17.2. The molecule has 2 N–H and O–H groups in total. The SMILES string of the molecule is CC1(C)CCC23C=CC4(OO2)C(CCC2[C@@]5(C)C[C@@H](O)[C@H](O)CC5CC[C@]24C)[C@@H]3C1. The van der Waals surface area contributed by atoms with Gasteiger partial charge < -0.3 is 10.2 Å². The summed E-state index contributed by atoms with van der Waals surface area (Å²) in [6, 6.07) is 0. The van der Waals surface area contributed by atoms with Crippen LogP contribution in [-0.2, 0) is 9.78 Å². The summed E-state index contributed by atoms with van der Waals surface area (Å²) >= 11 is 0. The van der Waals surface area contributed by atoms with Crippen molar-refractivity contribution in [1.82, 2.24) is 0 Å². The summed E-state index contributed by atoms with van der Waals surface area (Å²) in [6.45, 7) is 9.71. The average Bonchev–Trinajstić information content (AvgIpc) is 2.69. The Labute approximate surface area is 181 Å². The number of aliphatic hydroxyl groups is 2. The Hall–Kier alpha value is -0.420. The lowest BCUT2D eigenvalue weighted by Gasteiger charge is -2.72. The first-order valence-corrected chi connectivity index (χ1v) is 12.5. The number of rotatable bonds is 0. The summed E-state index contributed by atoms with van der Waals surface area (Å²) < 4.78 is 0. The second-order valence-electron chi connectivity index (χ2n) is 13.2. The topological polar surface area (TPSA) is 58.9 Å². The first-order chi connectivity index (χ1) is 14.1. The number of fused-ring (bicyclic) bond motifs is 4. The van der Waals surface area contributed by atoms with E-state index in [1.165, 1.54) is 25.7 Å². The molecule has 10 atom stereocenters. The molecule has 4 saturated carbocycles. The van der Waals surface area contributed by atoms with Crippen LogP contribution in [0.3, 0.4) is 0 Å². The molecule has 5 unspecified atom stereocenters. The van der Waals surface area contributed by atoms with Crippen LogP contribution in [0, 0.1) is 39.9 Å². The fraction of sp³-hybridized carbons (Fsp3) is 0.923. The molecule has 4 nitrogen and oxygen atoms in total. The third kappa shape index (κ3) is 2.27. The Bertz CT molecular complexity index is 777. The van der Waals surface area contributed by atoms with E-state index in [9.17, 15) is 10.2 Å². The zero-order valence-corrected chi connectivity index (χ0v) is 19.2. The van der Waals surface area contributed by atoms with Gasteiger partial charge >= 0.3 is 0 Å². The number of hydrogen-bond acceptors (Lipinski definition) is 4. The molecule has 1 saturated heterocycles. The fourth-order valence-electron chi connectivity index (χ4n) is 9.64. The molecule has 0 aromatic heterocycles. The van der Waals surface area contributed by atoms with Gasteiger partial charge in [0.15, 0.2) is 0 Å². The maximum absolute atomic E-state index is 10.6. The standard InChI is InChI=1S/C26H40O4/c1-22(2)9-10-25-11-12-26(30-29-25)17(18(25)14-22)5-6-21-23(3)15-20(28)19(27)13-16(23)7-8-24(21,26)4/h11-12,16-21,27-28H,5-10,13-15H2,1-4H3/t16?,17?,18-,19+,20+,21?,23-,24+,25?,26?/m0/s1. The Morgan fingerprint density at radius 1 is 0.800 bits per heavy atom. The first kappa shape index (κ1) is 20.2. The molecule has 2 heterocycles. The van der Waals surface area contributed by atoms with E-state index in [1.807, 2.05) is 0 Å². The van der Waals surface area contributed by atoms with Gasteiger partial charge in [0.1, 0.15) is 11.2 Å². The minimum atomic E-state index is -0.596. The third-order valence-electron chi connectivity index (χ3n) is 11.4. The Kier molecular flexibility index (Phi) is 3.99. The molecule has 5 fully saturated rings. The van der Waals surface area contributed by atoms with Crippen molar-refractivity contribution >= 4 is 0 Å². The highest BCUT2D eigenvalue weighted by Crippen LogP contribution is 2.73. The van der Waals surface area contributed by atoms with Crippen LogP contribution in [0.1, 0.15) is 85.5 Å². The lowest BCUT2D eigenvalue weighted by atomic mass is 9.37. The van der Waals surface area contributed by atoms with Crippen molar-refractivity contribution in [2.45, 2.75) is 109 Å². The van der Waals surface area contributed by atoms with Crippen molar-refractivity contribution in [1.29, 1.82) is 0 Å². The Morgan fingerprint density at radius 2 is 1.60 bits per heavy atom. The minimum absolute atomic E-state index is 0.00779. The summed E-state index contributed by atoms with van der Waals surface area (Å²) in [7, 11) is 0. The van der Waals surface area contributed by atoms with Gasteiger partial charge in [-0.25, -0.2) is 9.78 Å². The summed E-state index contributed by atoms with van der Waals surface area (Å²) in [5.74, 6) is 2.04. The van der Waals surface area contributed by atoms with Crippen LogP contribution in [0.4, 0.5) is 0 Å². The third-order valence-corrected chi connectivity index (χ3v) is 11.4. The molecule has 5 aliphatic carbocycles. The molecule has 7 aliphatic rings. The van der Waals surface area contributed by atoms with Crippen LogP contribution < -0.4 is 0 Å². The van der Waals surface area contributed by atoms with Crippen molar-refractivity contribution in [2.24, 2.45) is 39.9 Å². The summed E-state index contributed by atoms with van der Waals surface area (Å²) in [6.07, 6.45) is 13.2. The molecule has 2 aliphatic heterocycles. The van der Waals surface area contributed by atoms with Crippen molar-refractivity contribution in [3.8, 4) is 0 Å². The lowest BCUT2D eigenvalue weighted by Crippen LogP contribution is -2.74. The molecule has 0 amide bonds. The van der Waals surface area contributed by atoms with E-state index in [1.54, 1.807) is 0 Å². The molecule has 7 rings (SSSR count). The van der Waals surface area contributed by atoms with Crippen LogP contribution in [0.25, 0.3) is 0 Å². The quantitative estimate of drug-likeness (QED) is 0.440. The predicted octanol–water partition coefficient (Wildman–Crippen LogP) is 4.79. The van der Waals surface area contributed by atoms with Gasteiger partial charge in [0, 0.05) is 17.3 Å². The molecular formula is C26H40O4. The van der Waals surface area contributed by atoms with E-state index < -0.39 is 12.2 Å². The van der Waals surface area contributed by atoms with Crippen LogP contribution in [0.15, 0.2) is 12.2 Å². The van der Waals surface area contributed by atoms with Crippen LogP contribution in [0.5, 0.6) is 0 Å². The normalized spacial score (nSPS) is 60.9. The van der Waals surface area contributed by atoms with Crippen molar-refractivity contribution in [3.05, 3.63) is 12.2 Å². The van der Waals surface area contributed by atoms with Gasteiger partial charge in [-0.1, -0.05) is 33.8 Å². The van der Waals surface area contributed by atoms with E-state index in [-0.39, 0.29) is 22.0 Å². The molecule has 2 bridgehead atoms. The summed E-state index contributed by atoms with van der Waals surface area (Å²) in [4.78, 5) is 12.9. The van der Waals surface area contributed by atoms with E-state index in [2.05, 4.69) is 39.8 Å².